The summed E-state index contributed by atoms with van der Waals surface area (Å²) in [4.78, 5) is 23.3. The second kappa shape index (κ2) is 7.56. The molecule has 1 unspecified atom stereocenters. The van der Waals surface area contributed by atoms with E-state index in [1.807, 2.05) is 0 Å². The van der Waals surface area contributed by atoms with Crippen LogP contribution in [-0.4, -0.2) is 29.2 Å². The Hall–Kier alpha value is -3.20. The minimum atomic E-state index is -3.95. The highest BCUT2D eigenvalue weighted by molar-refractivity contribution is 7.89. The Kier molecular flexibility index (Phi) is 5.42. The second-order valence-electron chi connectivity index (χ2n) is 7.87. The van der Waals surface area contributed by atoms with Gasteiger partial charge in [-0.05, 0) is 57.5 Å². The lowest BCUT2D eigenvalue weighted by atomic mass is 9.90. The predicted molar refractivity (Wildman–Crippen MR) is 110 cm³/mol. The summed E-state index contributed by atoms with van der Waals surface area (Å²) in [6.07, 6.45) is 0. The van der Waals surface area contributed by atoms with Gasteiger partial charge in [0.15, 0.2) is 0 Å². The Bertz CT molecular complexity index is 1120. The van der Waals surface area contributed by atoms with Crippen molar-refractivity contribution in [1.29, 1.82) is 0 Å². The summed E-state index contributed by atoms with van der Waals surface area (Å²) < 4.78 is 33.2. The fraction of sp³-hybridized carbons (Fsp3) is 0.286. The average molecular weight is 430 g/mol. The zero-order valence-electron chi connectivity index (χ0n) is 17.0. The van der Waals surface area contributed by atoms with Gasteiger partial charge in [0.2, 0.25) is 0 Å². The highest BCUT2D eigenvalue weighted by Crippen LogP contribution is 2.47. The topological polar surface area (TPSA) is 107 Å². The Morgan fingerprint density at radius 3 is 2.13 bits per heavy atom. The van der Waals surface area contributed by atoms with E-state index >= 15 is 0 Å². The molecule has 0 saturated carbocycles. The first kappa shape index (κ1) is 21.5. The molecular formula is C21H22N2O6S. The highest BCUT2D eigenvalue weighted by atomic mass is 32.2. The summed E-state index contributed by atoms with van der Waals surface area (Å²) in [7, 11) is -3.95. The largest absolute Gasteiger partial charge is 0.456 e. The maximum absolute atomic E-state index is 13.3. The molecule has 158 valence electrons. The van der Waals surface area contributed by atoms with Crippen molar-refractivity contribution in [3.8, 4) is 0 Å². The van der Waals surface area contributed by atoms with Crippen molar-refractivity contribution < 1.29 is 22.9 Å². The van der Waals surface area contributed by atoms with Gasteiger partial charge in [-0.25, -0.2) is 13.2 Å². The van der Waals surface area contributed by atoms with Gasteiger partial charge in [-0.15, -0.1) is 0 Å². The van der Waals surface area contributed by atoms with Crippen molar-refractivity contribution in [3.05, 3.63) is 81.5 Å². The molecule has 2 aromatic rings. The van der Waals surface area contributed by atoms with Crippen LogP contribution in [0.15, 0.2) is 70.8 Å². The number of esters is 1. The van der Waals surface area contributed by atoms with Crippen molar-refractivity contribution in [3.63, 3.8) is 0 Å². The summed E-state index contributed by atoms with van der Waals surface area (Å²) in [5.74, 6) is -0.622. The van der Waals surface area contributed by atoms with Crippen molar-refractivity contribution in [2.75, 3.05) is 0 Å². The Labute approximate surface area is 175 Å². The van der Waals surface area contributed by atoms with Gasteiger partial charge in [-0.2, -0.15) is 0 Å². The van der Waals surface area contributed by atoms with E-state index in [9.17, 15) is 23.3 Å². The molecule has 1 atom stereocenters. The number of allylic oxidation sites excluding steroid dienone is 1. The number of hydrogen-bond donors (Lipinski definition) is 0. The van der Waals surface area contributed by atoms with E-state index in [1.54, 1.807) is 45.9 Å². The molecule has 0 saturated heterocycles. The van der Waals surface area contributed by atoms with Gasteiger partial charge in [0.1, 0.15) is 11.6 Å². The van der Waals surface area contributed by atoms with Gasteiger partial charge >= 0.3 is 5.97 Å². The Balaban J connectivity index is 2.10. The van der Waals surface area contributed by atoms with Gasteiger partial charge in [0, 0.05) is 17.8 Å². The summed E-state index contributed by atoms with van der Waals surface area (Å²) in [6.45, 7) is 6.71. The summed E-state index contributed by atoms with van der Waals surface area (Å²) >= 11 is 0. The van der Waals surface area contributed by atoms with E-state index in [-0.39, 0.29) is 21.9 Å². The number of nitro groups is 1. The zero-order chi connectivity index (χ0) is 22.3. The van der Waals surface area contributed by atoms with Gasteiger partial charge in [0.25, 0.3) is 15.7 Å². The number of nitrogens with zero attached hydrogens (tertiary/aromatic N) is 2. The molecule has 0 radical (unpaired) electrons. The average Bonchev–Trinajstić information content (AvgIpc) is 2.65. The molecule has 30 heavy (non-hydrogen) atoms. The SMILES string of the molecule is CC1=C(C(=O)OC(C)(C)C)C(c2ccc([N+](=O)[O-])cc2)N1S(=O)(=O)c1ccccc1. The van der Waals surface area contributed by atoms with E-state index in [1.165, 1.54) is 36.4 Å². The minimum Gasteiger partial charge on any atom is -0.456 e. The van der Waals surface area contributed by atoms with Crippen molar-refractivity contribution in [2.24, 2.45) is 0 Å². The summed E-state index contributed by atoms with van der Waals surface area (Å²) in [5.41, 5.74) is 0.0136. The molecule has 1 aliphatic rings. The molecule has 8 nitrogen and oxygen atoms in total. The van der Waals surface area contributed by atoms with Crippen LogP contribution >= 0.6 is 0 Å². The van der Waals surface area contributed by atoms with Crippen LogP contribution in [0.25, 0.3) is 0 Å². The van der Waals surface area contributed by atoms with Crippen LogP contribution in [0.2, 0.25) is 0 Å². The van der Waals surface area contributed by atoms with Crippen LogP contribution in [-0.2, 0) is 19.6 Å². The zero-order valence-corrected chi connectivity index (χ0v) is 17.8. The van der Waals surface area contributed by atoms with Crippen LogP contribution in [0, 0.1) is 10.1 Å². The molecule has 0 bridgehead atoms. The Morgan fingerprint density at radius 1 is 1.07 bits per heavy atom. The van der Waals surface area contributed by atoms with Crippen LogP contribution in [0.3, 0.4) is 0 Å². The summed E-state index contributed by atoms with van der Waals surface area (Å²) in [5, 5.41) is 11.0. The third-order valence-corrected chi connectivity index (χ3v) is 6.44. The summed E-state index contributed by atoms with van der Waals surface area (Å²) in [6, 6.07) is 12.4. The molecule has 9 heteroatoms. The van der Waals surface area contributed by atoms with Gasteiger partial charge in [-0.3, -0.25) is 14.4 Å². The highest BCUT2D eigenvalue weighted by Gasteiger charge is 2.48. The monoisotopic (exact) mass is 430 g/mol. The van der Waals surface area contributed by atoms with E-state index in [2.05, 4.69) is 0 Å². The van der Waals surface area contributed by atoms with Crippen LogP contribution in [0.4, 0.5) is 5.69 Å². The first-order valence-corrected chi connectivity index (χ1v) is 10.7. The number of carbonyl (C=O) groups excluding carboxylic acids is 1. The molecule has 0 fully saturated rings. The smallest absolute Gasteiger partial charge is 0.338 e. The first-order chi connectivity index (χ1) is 13.9. The van der Waals surface area contributed by atoms with E-state index in [0.717, 1.165) is 4.31 Å². The maximum atomic E-state index is 13.3. The van der Waals surface area contributed by atoms with E-state index in [0.29, 0.717) is 5.56 Å². The lowest BCUT2D eigenvalue weighted by Crippen LogP contribution is -2.46. The minimum absolute atomic E-state index is 0.0829. The fourth-order valence-corrected chi connectivity index (χ4v) is 4.95. The maximum Gasteiger partial charge on any atom is 0.338 e. The predicted octanol–water partition coefficient (Wildman–Crippen LogP) is 3.96. The molecule has 0 spiro atoms. The number of sulfonamides is 1. The number of nitro benzene ring substituents is 1. The normalized spacial score (nSPS) is 16.8. The quantitative estimate of drug-likeness (QED) is 0.404. The van der Waals surface area contributed by atoms with Gasteiger partial charge < -0.3 is 4.74 Å². The molecule has 0 N–H and O–H groups in total. The van der Waals surface area contributed by atoms with Gasteiger partial charge in [-0.1, -0.05) is 18.2 Å². The molecule has 3 rings (SSSR count). The van der Waals surface area contributed by atoms with Crippen molar-refractivity contribution in [1.82, 2.24) is 4.31 Å². The van der Waals surface area contributed by atoms with Crippen LogP contribution in [0.5, 0.6) is 0 Å². The molecular weight excluding hydrogens is 408 g/mol. The molecule has 2 aromatic carbocycles. The molecule has 1 aliphatic heterocycles. The van der Waals surface area contributed by atoms with Crippen LogP contribution < -0.4 is 0 Å². The standard InChI is InChI=1S/C21H22N2O6S/c1-14-18(20(24)29-21(2,3)4)19(15-10-12-16(13-11-15)23(25)26)22(14)30(27,28)17-8-6-5-7-9-17/h5-13,19H,1-4H3. The molecule has 0 aliphatic carbocycles. The second-order valence-corrected chi connectivity index (χ2v) is 9.68. The van der Waals surface area contributed by atoms with Crippen molar-refractivity contribution in [2.45, 2.75) is 44.2 Å². The number of rotatable bonds is 5. The molecule has 0 amide bonds. The fourth-order valence-electron chi connectivity index (χ4n) is 3.26. The third kappa shape index (κ3) is 3.93. The van der Waals surface area contributed by atoms with E-state index in [4.69, 9.17) is 4.74 Å². The third-order valence-electron chi connectivity index (χ3n) is 4.57. The molecule has 1 heterocycles. The number of ether oxygens (including phenoxy) is 1. The molecule has 0 aromatic heterocycles. The first-order valence-electron chi connectivity index (χ1n) is 9.21. The van der Waals surface area contributed by atoms with Crippen molar-refractivity contribution >= 4 is 21.7 Å². The van der Waals surface area contributed by atoms with Gasteiger partial charge in [0.05, 0.1) is 15.4 Å². The number of non-ortho nitro benzene ring substituents is 1. The Morgan fingerprint density at radius 2 is 1.63 bits per heavy atom. The number of hydrogen-bond acceptors (Lipinski definition) is 6. The number of benzene rings is 2. The lowest BCUT2D eigenvalue weighted by Gasteiger charge is -2.44. The lowest BCUT2D eigenvalue weighted by molar-refractivity contribution is -0.384. The van der Waals surface area contributed by atoms with E-state index < -0.39 is 32.6 Å². The number of carbonyl (C=O) groups is 1. The van der Waals surface area contributed by atoms with Crippen LogP contribution in [0.1, 0.15) is 39.3 Å².